The van der Waals surface area contributed by atoms with Crippen molar-refractivity contribution < 1.29 is 4.79 Å². The van der Waals surface area contributed by atoms with Gasteiger partial charge in [0.05, 0.1) is 5.69 Å². The molecule has 4 nitrogen and oxygen atoms in total. The van der Waals surface area contributed by atoms with E-state index in [1.807, 2.05) is 38.1 Å². The van der Waals surface area contributed by atoms with Crippen LogP contribution in [0, 0.1) is 13.8 Å². The molecule has 2 aromatic rings. The van der Waals surface area contributed by atoms with E-state index < -0.39 is 0 Å². The first-order valence-electron chi connectivity index (χ1n) is 5.91. The molecular formula is C14H17N3O. The number of benzene rings is 1. The van der Waals surface area contributed by atoms with Crippen LogP contribution in [-0.2, 0) is 13.6 Å². The lowest BCUT2D eigenvalue weighted by Gasteiger charge is -2.07. The standard InChI is InChI=1S/C14H17N3O/c1-10-6-4-5-7-12(10)9-15-14(18)13-8-11(2)16-17(13)3/h4-8H,9H2,1-3H3,(H,15,18). The number of hydrogen-bond acceptors (Lipinski definition) is 2. The number of hydrogen-bond donors (Lipinski definition) is 1. The summed E-state index contributed by atoms with van der Waals surface area (Å²) < 4.78 is 1.60. The number of aromatic nitrogens is 2. The van der Waals surface area contributed by atoms with Crippen molar-refractivity contribution in [3.8, 4) is 0 Å². The van der Waals surface area contributed by atoms with Crippen molar-refractivity contribution in [2.75, 3.05) is 0 Å². The SMILES string of the molecule is Cc1cc(C(=O)NCc2ccccc2C)n(C)n1. The molecule has 0 unspecified atom stereocenters. The Morgan fingerprint density at radius 1 is 1.33 bits per heavy atom. The molecule has 0 bridgehead atoms. The monoisotopic (exact) mass is 243 g/mol. The largest absolute Gasteiger partial charge is 0.347 e. The fourth-order valence-electron chi connectivity index (χ4n) is 1.90. The number of amides is 1. The van der Waals surface area contributed by atoms with E-state index in [2.05, 4.69) is 10.4 Å². The lowest BCUT2D eigenvalue weighted by Crippen LogP contribution is -2.25. The maximum Gasteiger partial charge on any atom is 0.269 e. The van der Waals surface area contributed by atoms with Crippen molar-refractivity contribution in [2.24, 2.45) is 7.05 Å². The zero-order valence-corrected chi connectivity index (χ0v) is 10.9. The van der Waals surface area contributed by atoms with Crippen LogP contribution in [0.1, 0.15) is 27.3 Å². The molecule has 0 fully saturated rings. The first-order valence-corrected chi connectivity index (χ1v) is 5.91. The molecule has 1 N–H and O–H groups in total. The van der Waals surface area contributed by atoms with Gasteiger partial charge in [-0.15, -0.1) is 0 Å². The number of rotatable bonds is 3. The molecule has 0 aliphatic carbocycles. The Labute approximate surface area is 107 Å². The van der Waals surface area contributed by atoms with Crippen LogP contribution < -0.4 is 5.32 Å². The number of nitrogens with one attached hydrogen (secondary N) is 1. The van der Waals surface area contributed by atoms with E-state index in [9.17, 15) is 4.79 Å². The average Bonchev–Trinajstić information content (AvgIpc) is 2.67. The summed E-state index contributed by atoms with van der Waals surface area (Å²) in [5, 5.41) is 7.07. The topological polar surface area (TPSA) is 46.9 Å². The molecule has 0 spiro atoms. The van der Waals surface area contributed by atoms with Gasteiger partial charge < -0.3 is 5.32 Å². The van der Waals surface area contributed by atoms with Crippen molar-refractivity contribution >= 4 is 5.91 Å². The van der Waals surface area contributed by atoms with Gasteiger partial charge in [0.25, 0.3) is 5.91 Å². The number of carbonyl (C=O) groups is 1. The molecule has 0 aliphatic heterocycles. The molecule has 2 rings (SSSR count). The number of aryl methyl sites for hydroxylation is 3. The van der Waals surface area contributed by atoms with Crippen LogP contribution in [0.3, 0.4) is 0 Å². The Hall–Kier alpha value is -2.10. The van der Waals surface area contributed by atoms with Gasteiger partial charge in [0.1, 0.15) is 5.69 Å². The van der Waals surface area contributed by atoms with Gasteiger partial charge in [0.2, 0.25) is 0 Å². The van der Waals surface area contributed by atoms with Gasteiger partial charge in [-0.05, 0) is 31.0 Å². The third-order valence-electron chi connectivity index (χ3n) is 2.94. The Kier molecular flexibility index (Phi) is 3.46. The molecule has 1 aromatic carbocycles. The highest BCUT2D eigenvalue weighted by Gasteiger charge is 2.11. The zero-order valence-electron chi connectivity index (χ0n) is 10.9. The summed E-state index contributed by atoms with van der Waals surface area (Å²) in [6.07, 6.45) is 0. The lowest BCUT2D eigenvalue weighted by molar-refractivity contribution is 0.0941. The molecule has 0 aliphatic rings. The minimum Gasteiger partial charge on any atom is -0.347 e. The molecule has 1 amide bonds. The number of carbonyl (C=O) groups excluding carboxylic acids is 1. The smallest absolute Gasteiger partial charge is 0.269 e. The predicted molar refractivity (Wildman–Crippen MR) is 70.3 cm³/mol. The van der Waals surface area contributed by atoms with Gasteiger partial charge >= 0.3 is 0 Å². The van der Waals surface area contributed by atoms with Crippen LogP contribution in [-0.4, -0.2) is 15.7 Å². The first kappa shape index (κ1) is 12.4. The van der Waals surface area contributed by atoms with Gasteiger partial charge in [-0.1, -0.05) is 24.3 Å². The summed E-state index contributed by atoms with van der Waals surface area (Å²) in [5.41, 5.74) is 3.74. The van der Waals surface area contributed by atoms with Crippen molar-refractivity contribution in [1.82, 2.24) is 15.1 Å². The second-order valence-electron chi connectivity index (χ2n) is 4.40. The molecule has 0 saturated heterocycles. The molecule has 1 heterocycles. The van der Waals surface area contributed by atoms with E-state index in [0.29, 0.717) is 12.2 Å². The Morgan fingerprint density at radius 2 is 2.06 bits per heavy atom. The van der Waals surface area contributed by atoms with Crippen molar-refractivity contribution in [3.63, 3.8) is 0 Å². The minimum atomic E-state index is -0.0960. The fourth-order valence-corrected chi connectivity index (χ4v) is 1.90. The Balaban J connectivity index is 2.05. The van der Waals surface area contributed by atoms with E-state index in [1.165, 1.54) is 5.56 Å². The third-order valence-corrected chi connectivity index (χ3v) is 2.94. The maximum atomic E-state index is 12.0. The zero-order chi connectivity index (χ0) is 13.1. The van der Waals surface area contributed by atoms with Crippen LogP contribution in [0.15, 0.2) is 30.3 Å². The van der Waals surface area contributed by atoms with E-state index in [4.69, 9.17) is 0 Å². The average molecular weight is 243 g/mol. The summed E-state index contributed by atoms with van der Waals surface area (Å²) in [7, 11) is 1.77. The van der Waals surface area contributed by atoms with Crippen LogP contribution in [0.25, 0.3) is 0 Å². The van der Waals surface area contributed by atoms with Crippen LogP contribution in [0.5, 0.6) is 0 Å². The Morgan fingerprint density at radius 3 is 2.67 bits per heavy atom. The summed E-state index contributed by atoms with van der Waals surface area (Å²) in [5.74, 6) is -0.0960. The van der Waals surface area contributed by atoms with Gasteiger partial charge in [0.15, 0.2) is 0 Å². The van der Waals surface area contributed by atoms with Gasteiger partial charge in [0, 0.05) is 13.6 Å². The van der Waals surface area contributed by atoms with Crippen LogP contribution in [0.4, 0.5) is 0 Å². The van der Waals surface area contributed by atoms with Crippen LogP contribution >= 0.6 is 0 Å². The fraction of sp³-hybridized carbons (Fsp3) is 0.286. The minimum absolute atomic E-state index is 0.0960. The van der Waals surface area contributed by atoms with E-state index >= 15 is 0 Å². The van der Waals surface area contributed by atoms with Crippen molar-refractivity contribution in [1.29, 1.82) is 0 Å². The molecule has 4 heteroatoms. The van der Waals surface area contributed by atoms with Gasteiger partial charge in [-0.25, -0.2) is 0 Å². The highest BCUT2D eigenvalue weighted by atomic mass is 16.2. The predicted octanol–water partition coefficient (Wildman–Crippen LogP) is 1.97. The normalized spacial score (nSPS) is 10.4. The molecule has 1 aromatic heterocycles. The summed E-state index contributed by atoms with van der Waals surface area (Å²) in [6, 6.07) is 9.81. The first-order chi connectivity index (χ1) is 8.58. The van der Waals surface area contributed by atoms with Gasteiger partial charge in [-0.2, -0.15) is 5.10 Å². The highest BCUT2D eigenvalue weighted by molar-refractivity contribution is 5.92. The molecular weight excluding hydrogens is 226 g/mol. The Bertz CT molecular complexity index is 572. The van der Waals surface area contributed by atoms with E-state index in [1.54, 1.807) is 17.8 Å². The van der Waals surface area contributed by atoms with Crippen LogP contribution in [0.2, 0.25) is 0 Å². The summed E-state index contributed by atoms with van der Waals surface area (Å²) >= 11 is 0. The lowest BCUT2D eigenvalue weighted by atomic mass is 10.1. The molecule has 0 atom stereocenters. The van der Waals surface area contributed by atoms with E-state index in [0.717, 1.165) is 11.3 Å². The van der Waals surface area contributed by atoms with Crippen molar-refractivity contribution in [2.45, 2.75) is 20.4 Å². The quantitative estimate of drug-likeness (QED) is 0.895. The second-order valence-corrected chi connectivity index (χ2v) is 4.40. The maximum absolute atomic E-state index is 12.0. The molecule has 94 valence electrons. The summed E-state index contributed by atoms with van der Waals surface area (Å²) in [4.78, 5) is 12.0. The molecule has 0 radical (unpaired) electrons. The third kappa shape index (κ3) is 2.59. The van der Waals surface area contributed by atoms with E-state index in [-0.39, 0.29) is 5.91 Å². The van der Waals surface area contributed by atoms with Crippen molar-refractivity contribution in [3.05, 3.63) is 52.8 Å². The number of nitrogens with zero attached hydrogens (tertiary/aromatic N) is 2. The highest BCUT2D eigenvalue weighted by Crippen LogP contribution is 2.07. The molecule has 0 saturated carbocycles. The van der Waals surface area contributed by atoms with Gasteiger partial charge in [-0.3, -0.25) is 9.48 Å². The molecule has 18 heavy (non-hydrogen) atoms. The summed E-state index contributed by atoms with van der Waals surface area (Å²) in [6.45, 7) is 4.45. The second kappa shape index (κ2) is 5.04.